The van der Waals surface area contributed by atoms with Crippen molar-refractivity contribution >= 4 is 38.2 Å². The van der Waals surface area contributed by atoms with Crippen molar-refractivity contribution in [3.05, 3.63) is 77.8 Å². The number of aromatic nitrogens is 4. The number of rotatable bonds is 5. The normalized spacial score (nSPS) is 12.0. The van der Waals surface area contributed by atoms with Gasteiger partial charge in [0, 0.05) is 17.8 Å². The molecule has 3 aromatic heterocycles. The molecule has 4 aromatic rings. The number of amides is 1. The third kappa shape index (κ3) is 5.07. The molecule has 0 aliphatic carbocycles. The number of carbonyl (C=O) groups excluding carboxylic acids is 1. The third-order valence-corrected chi connectivity index (χ3v) is 6.02. The van der Waals surface area contributed by atoms with E-state index in [0.717, 1.165) is 11.2 Å². The molecule has 36 heavy (non-hydrogen) atoms. The van der Waals surface area contributed by atoms with Gasteiger partial charge in [-0.1, -0.05) is 12.1 Å². The summed E-state index contributed by atoms with van der Waals surface area (Å²) in [6, 6.07) is 8.50. The van der Waals surface area contributed by atoms with E-state index in [9.17, 15) is 30.8 Å². The number of hydrogen-bond donors (Lipinski definition) is 1. The summed E-state index contributed by atoms with van der Waals surface area (Å²) in [4.78, 5) is 29.1. The van der Waals surface area contributed by atoms with Crippen LogP contribution in [0.4, 0.5) is 29.1 Å². The standard InChI is InChI=1S/C22H16F4N6O3S/c1-36(34,35)20-17(3-2-6-28-20)32(21(33)16-9-30-18(10-29-16)22(24,25)26)11-12-4-5-13-8-14(23)19(27)31-15(13)7-12/h2-10H,11H2,1H3,(H2,27,31). The van der Waals surface area contributed by atoms with Crippen molar-refractivity contribution in [2.45, 2.75) is 17.7 Å². The highest BCUT2D eigenvalue weighted by molar-refractivity contribution is 7.90. The maximum Gasteiger partial charge on any atom is 0.434 e. The van der Waals surface area contributed by atoms with Crippen molar-refractivity contribution in [3.8, 4) is 0 Å². The van der Waals surface area contributed by atoms with Crippen LogP contribution in [-0.2, 0) is 22.6 Å². The lowest BCUT2D eigenvalue weighted by atomic mass is 10.1. The predicted octanol–water partition coefficient (Wildman–Crippen LogP) is 3.41. The number of nitrogens with two attached hydrogens (primary N) is 1. The Morgan fingerprint density at radius 1 is 1.08 bits per heavy atom. The van der Waals surface area contributed by atoms with Gasteiger partial charge in [-0.2, -0.15) is 13.2 Å². The van der Waals surface area contributed by atoms with E-state index in [1.54, 1.807) is 6.07 Å². The van der Waals surface area contributed by atoms with Crippen LogP contribution in [0.25, 0.3) is 10.9 Å². The summed E-state index contributed by atoms with van der Waals surface area (Å²) >= 11 is 0. The number of pyridine rings is 2. The number of hydrogen-bond acceptors (Lipinski definition) is 8. The quantitative estimate of drug-likeness (QED) is 0.396. The predicted molar refractivity (Wildman–Crippen MR) is 121 cm³/mol. The number of halogens is 4. The molecule has 0 saturated carbocycles. The fourth-order valence-corrected chi connectivity index (χ4v) is 4.16. The fraction of sp³-hybridized carbons (Fsp3) is 0.136. The largest absolute Gasteiger partial charge is 0.434 e. The van der Waals surface area contributed by atoms with Gasteiger partial charge in [0.05, 0.1) is 30.1 Å². The van der Waals surface area contributed by atoms with E-state index >= 15 is 0 Å². The molecule has 1 amide bonds. The van der Waals surface area contributed by atoms with Crippen LogP contribution in [0.2, 0.25) is 0 Å². The van der Waals surface area contributed by atoms with Crippen molar-refractivity contribution in [3.63, 3.8) is 0 Å². The topological polar surface area (TPSA) is 132 Å². The van der Waals surface area contributed by atoms with Gasteiger partial charge in [-0.25, -0.2) is 32.7 Å². The number of anilines is 2. The van der Waals surface area contributed by atoms with E-state index in [1.807, 2.05) is 0 Å². The Hall–Kier alpha value is -4.20. The molecule has 0 spiro atoms. The highest BCUT2D eigenvalue weighted by Gasteiger charge is 2.34. The van der Waals surface area contributed by atoms with Crippen molar-refractivity contribution in [2.75, 3.05) is 16.9 Å². The monoisotopic (exact) mass is 520 g/mol. The lowest BCUT2D eigenvalue weighted by Crippen LogP contribution is -2.33. The molecular weight excluding hydrogens is 504 g/mol. The zero-order valence-electron chi connectivity index (χ0n) is 18.4. The lowest BCUT2D eigenvalue weighted by molar-refractivity contribution is -0.141. The van der Waals surface area contributed by atoms with Gasteiger partial charge in [0.15, 0.2) is 32.2 Å². The van der Waals surface area contributed by atoms with Gasteiger partial charge < -0.3 is 5.73 Å². The van der Waals surface area contributed by atoms with Gasteiger partial charge >= 0.3 is 6.18 Å². The third-order valence-electron chi connectivity index (χ3n) is 5.00. The number of carbonyl (C=O) groups is 1. The number of nitrogen functional groups attached to an aromatic ring is 1. The van der Waals surface area contributed by atoms with Gasteiger partial charge in [-0.15, -0.1) is 0 Å². The van der Waals surface area contributed by atoms with E-state index in [0.29, 0.717) is 28.9 Å². The Balaban J connectivity index is 1.81. The molecule has 2 N–H and O–H groups in total. The Kier molecular flexibility index (Phi) is 6.30. The van der Waals surface area contributed by atoms with Crippen LogP contribution in [-0.4, -0.2) is 40.5 Å². The molecule has 14 heteroatoms. The molecule has 0 aliphatic rings. The summed E-state index contributed by atoms with van der Waals surface area (Å²) in [6.45, 7) is -0.259. The van der Waals surface area contributed by atoms with Crippen molar-refractivity contribution in [2.24, 2.45) is 0 Å². The molecule has 186 valence electrons. The lowest BCUT2D eigenvalue weighted by Gasteiger charge is -2.24. The SMILES string of the molecule is CS(=O)(=O)c1ncccc1N(Cc1ccc2cc(F)c(N)nc2c1)C(=O)c1cnc(C(F)(F)F)cn1. The van der Waals surface area contributed by atoms with Crippen LogP contribution in [0.5, 0.6) is 0 Å². The maximum atomic E-state index is 13.7. The van der Waals surface area contributed by atoms with Crippen LogP contribution >= 0.6 is 0 Å². The van der Waals surface area contributed by atoms with Gasteiger partial charge in [0.2, 0.25) is 0 Å². The maximum absolute atomic E-state index is 13.7. The van der Waals surface area contributed by atoms with Crippen molar-refractivity contribution in [1.82, 2.24) is 19.9 Å². The van der Waals surface area contributed by atoms with E-state index in [-0.39, 0.29) is 18.1 Å². The minimum atomic E-state index is -4.76. The van der Waals surface area contributed by atoms with Gasteiger partial charge in [-0.05, 0) is 29.8 Å². The molecule has 1 aromatic carbocycles. The number of benzene rings is 1. The first-order chi connectivity index (χ1) is 16.8. The summed E-state index contributed by atoms with van der Waals surface area (Å²) in [5.74, 6) is -1.97. The van der Waals surface area contributed by atoms with E-state index < -0.39 is 44.2 Å². The fourth-order valence-electron chi connectivity index (χ4n) is 3.35. The molecule has 0 fully saturated rings. The first-order valence-electron chi connectivity index (χ1n) is 10.1. The Bertz CT molecular complexity index is 1580. The first-order valence-corrected chi connectivity index (χ1v) is 11.9. The van der Waals surface area contributed by atoms with Crippen molar-refractivity contribution < 1.29 is 30.8 Å². The average Bonchev–Trinajstić information content (AvgIpc) is 2.82. The molecule has 0 atom stereocenters. The number of fused-ring (bicyclic) bond motifs is 1. The Morgan fingerprint density at radius 2 is 1.83 bits per heavy atom. The molecule has 0 unspecified atom stereocenters. The second-order valence-corrected chi connectivity index (χ2v) is 9.59. The number of nitrogens with zero attached hydrogens (tertiary/aromatic N) is 5. The highest BCUT2D eigenvalue weighted by atomic mass is 32.2. The van der Waals surface area contributed by atoms with Gasteiger partial charge in [0.1, 0.15) is 5.69 Å². The molecule has 3 heterocycles. The average molecular weight is 520 g/mol. The highest BCUT2D eigenvalue weighted by Crippen LogP contribution is 2.29. The first kappa shape index (κ1) is 24.9. The molecular formula is C22H16F4N6O3S. The summed E-state index contributed by atoms with van der Waals surface area (Å²) in [5.41, 5.74) is 4.39. The van der Waals surface area contributed by atoms with Crippen molar-refractivity contribution in [1.29, 1.82) is 0 Å². The second-order valence-electron chi connectivity index (χ2n) is 7.66. The van der Waals surface area contributed by atoms with Crippen LogP contribution in [0, 0.1) is 5.82 Å². The van der Waals surface area contributed by atoms with Gasteiger partial charge in [-0.3, -0.25) is 9.69 Å². The van der Waals surface area contributed by atoms with E-state index in [4.69, 9.17) is 5.73 Å². The number of alkyl halides is 3. The minimum absolute atomic E-state index is 0.127. The second kappa shape index (κ2) is 9.11. The molecule has 9 nitrogen and oxygen atoms in total. The molecule has 0 bridgehead atoms. The Labute approximate surface area is 201 Å². The van der Waals surface area contributed by atoms with E-state index in [1.165, 1.54) is 36.5 Å². The summed E-state index contributed by atoms with van der Waals surface area (Å²) in [7, 11) is -3.92. The van der Waals surface area contributed by atoms with E-state index in [2.05, 4.69) is 19.9 Å². The van der Waals surface area contributed by atoms with Crippen LogP contribution in [0.3, 0.4) is 0 Å². The van der Waals surface area contributed by atoms with Crippen LogP contribution in [0.15, 0.2) is 60.0 Å². The molecule has 0 aliphatic heterocycles. The zero-order chi connectivity index (χ0) is 26.3. The Morgan fingerprint density at radius 3 is 2.47 bits per heavy atom. The minimum Gasteiger partial charge on any atom is -0.381 e. The summed E-state index contributed by atoms with van der Waals surface area (Å²) in [5, 5.41) is -0.00131. The van der Waals surface area contributed by atoms with Gasteiger partial charge in [0.25, 0.3) is 5.91 Å². The molecule has 0 saturated heterocycles. The van der Waals surface area contributed by atoms with Crippen LogP contribution < -0.4 is 10.6 Å². The summed E-state index contributed by atoms with van der Waals surface area (Å²) in [6.07, 6.45) is -1.58. The molecule has 4 rings (SSSR count). The molecule has 0 radical (unpaired) electrons. The van der Waals surface area contributed by atoms with Crippen LogP contribution in [0.1, 0.15) is 21.7 Å². The number of sulfone groups is 1. The smallest absolute Gasteiger partial charge is 0.381 e. The summed E-state index contributed by atoms with van der Waals surface area (Å²) < 4.78 is 77.1. The zero-order valence-corrected chi connectivity index (χ0v) is 19.2.